The zero-order chi connectivity index (χ0) is 39.9. The highest BCUT2D eigenvalue weighted by Gasteiger charge is 2.22. The second-order valence-corrected chi connectivity index (χ2v) is 12.4. The van der Waals surface area contributed by atoms with Crippen LogP contribution in [0.5, 0.6) is 0 Å². The van der Waals surface area contributed by atoms with Crippen LogP contribution in [0.4, 0.5) is 17.6 Å². The van der Waals surface area contributed by atoms with E-state index in [1.54, 1.807) is 42.5 Å². The number of nitrogens with zero attached hydrogens (tertiary/aromatic N) is 12. The van der Waals surface area contributed by atoms with E-state index in [9.17, 15) is 28.1 Å². The van der Waals surface area contributed by atoms with Crippen molar-refractivity contribution >= 4 is 34.5 Å². The molecule has 0 saturated heterocycles. The summed E-state index contributed by atoms with van der Waals surface area (Å²) in [4.78, 5) is 16.8. The number of nitriles is 2. The van der Waals surface area contributed by atoms with Crippen molar-refractivity contribution in [1.82, 2.24) is 48.3 Å². The van der Waals surface area contributed by atoms with Crippen molar-refractivity contribution < 1.29 is 17.6 Å². The van der Waals surface area contributed by atoms with Crippen molar-refractivity contribution in [2.24, 2.45) is 0 Å². The molecular formula is C38H28Cl2F4N12. The monoisotopic (exact) mass is 798 g/mol. The molecule has 6 heterocycles. The van der Waals surface area contributed by atoms with Gasteiger partial charge in [0.25, 0.3) is 12.9 Å². The number of aromatic nitrogens is 10. The van der Waals surface area contributed by atoms with Gasteiger partial charge in [0.15, 0.2) is 22.7 Å². The highest BCUT2D eigenvalue weighted by Crippen LogP contribution is 2.34. The standard InChI is InChI=1S/C18H10Cl2F2N6.C18H12F2N6.C2H6/c19-11-3-10(4-12(20)5-11)17-18(27(9-25-17)8-15(21)22)14-1-2-16-24-7-13(6-23)28(16)26-14;19-15(20)10-25-11-23-17(12-4-2-1-3-5-12)18(25)14-6-7-16-22-9-13(8-21)26(16)24-14;1-2/h1-5,7,9,15H,8H2;1-7,9,11,15H,10H2;1-2H3. The summed E-state index contributed by atoms with van der Waals surface area (Å²) in [5.41, 5.74) is 5.39. The minimum atomic E-state index is -2.59. The van der Waals surface area contributed by atoms with Gasteiger partial charge in [-0.25, -0.2) is 46.5 Å². The Kier molecular flexibility index (Phi) is 12.0. The Morgan fingerprint density at radius 3 is 1.48 bits per heavy atom. The van der Waals surface area contributed by atoms with Gasteiger partial charge in [0, 0.05) is 21.2 Å². The molecule has 0 spiro atoms. The van der Waals surface area contributed by atoms with Gasteiger partial charge in [0.2, 0.25) is 0 Å². The summed E-state index contributed by atoms with van der Waals surface area (Å²) in [7, 11) is 0. The first-order valence-corrected chi connectivity index (χ1v) is 17.6. The van der Waals surface area contributed by atoms with Gasteiger partial charge in [-0.15, -0.1) is 0 Å². The van der Waals surface area contributed by atoms with E-state index >= 15 is 0 Å². The van der Waals surface area contributed by atoms with Crippen molar-refractivity contribution in [2.75, 3.05) is 0 Å². The molecule has 2 aromatic carbocycles. The molecule has 0 amide bonds. The summed E-state index contributed by atoms with van der Waals surface area (Å²) in [5.74, 6) is 0. The number of hydrogen-bond acceptors (Lipinski definition) is 8. The molecule has 0 saturated carbocycles. The lowest BCUT2D eigenvalue weighted by molar-refractivity contribution is 0.126. The third kappa shape index (κ3) is 8.22. The van der Waals surface area contributed by atoms with E-state index in [4.69, 9.17) is 23.2 Å². The molecule has 0 fully saturated rings. The molecule has 0 aliphatic carbocycles. The highest BCUT2D eigenvalue weighted by atomic mass is 35.5. The molecule has 8 aromatic rings. The van der Waals surface area contributed by atoms with Crippen LogP contribution in [0.3, 0.4) is 0 Å². The normalized spacial score (nSPS) is 10.9. The van der Waals surface area contributed by atoms with Gasteiger partial charge in [0.1, 0.15) is 23.5 Å². The minimum absolute atomic E-state index is 0.226. The van der Waals surface area contributed by atoms with Crippen molar-refractivity contribution in [3.63, 3.8) is 0 Å². The molecule has 0 bridgehead atoms. The second-order valence-electron chi connectivity index (χ2n) is 11.5. The maximum Gasteiger partial charge on any atom is 0.256 e. The molecule has 56 heavy (non-hydrogen) atoms. The second kappa shape index (κ2) is 17.2. The van der Waals surface area contributed by atoms with E-state index in [0.717, 1.165) is 5.56 Å². The molecule has 8 rings (SSSR count). The average Bonchev–Trinajstić information content (AvgIpc) is 4.00. The SMILES string of the molecule is CC.N#Cc1cnc2ccc(-c3c(-c4cc(Cl)cc(Cl)c4)ncn3CC(F)F)nn12.N#Cc1cnc2ccc(-c3c(-c4ccccc4)ncn3CC(F)F)nn12. The largest absolute Gasteiger partial charge is 0.323 e. The molecule has 6 aromatic heterocycles. The number of alkyl halides is 4. The first kappa shape index (κ1) is 39.1. The smallest absolute Gasteiger partial charge is 0.256 e. The van der Waals surface area contributed by atoms with Crippen LogP contribution in [0.25, 0.3) is 56.6 Å². The Balaban J connectivity index is 0.000000182. The molecule has 0 aliphatic heterocycles. The molecule has 0 aliphatic rings. The van der Waals surface area contributed by atoms with Gasteiger partial charge < -0.3 is 9.13 Å². The van der Waals surface area contributed by atoms with Crippen LogP contribution in [-0.4, -0.2) is 61.1 Å². The molecule has 282 valence electrons. The zero-order valence-electron chi connectivity index (χ0n) is 29.4. The van der Waals surface area contributed by atoms with Crippen LogP contribution in [0.15, 0.2) is 97.8 Å². The fraction of sp³-hybridized carbons (Fsp3) is 0.158. The third-order valence-electron chi connectivity index (χ3n) is 7.97. The van der Waals surface area contributed by atoms with Crippen molar-refractivity contribution in [3.05, 3.63) is 119 Å². The van der Waals surface area contributed by atoms with E-state index in [1.807, 2.05) is 56.3 Å². The molecule has 0 unspecified atom stereocenters. The van der Waals surface area contributed by atoms with Gasteiger partial charge in [-0.05, 0) is 42.5 Å². The number of benzene rings is 2. The fourth-order valence-electron chi connectivity index (χ4n) is 5.74. The zero-order valence-corrected chi connectivity index (χ0v) is 31.0. The highest BCUT2D eigenvalue weighted by molar-refractivity contribution is 6.35. The van der Waals surface area contributed by atoms with Crippen LogP contribution in [-0.2, 0) is 13.1 Å². The van der Waals surface area contributed by atoms with E-state index in [0.29, 0.717) is 61.1 Å². The van der Waals surface area contributed by atoms with Gasteiger partial charge >= 0.3 is 0 Å². The number of hydrogen-bond donors (Lipinski definition) is 0. The molecule has 0 radical (unpaired) electrons. The fourth-order valence-corrected chi connectivity index (χ4v) is 6.26. The Morgan fingerprint density at radius 1 is 0.607 bits per heavy atom. The summed E-state index contributed by atoms with van der Waals surface area (Å²) >= 11 is 12.2. The van der Waals surface area contributed by atoms with Crippen LogP contribution in [0.2, 0.25) is 10.0 Å². The van der Waals surface area contributed by atoms with Crippen LogP contribution in [0, 0.1) is 22.7 Å². The predicted molar refractivity (Wildman–Crippen MR) is 202 cm³/mol. The van der Waals surface area contributed by atoms with Gasteiger partial charge in [-0.1, -0.05) is 67.4 Å². The van der Waals surface area contributed by atoms with Crippen molar-refractivity contribution in [3.8, 4) is 57.4 Å². The van der Waals surface area contributed by atoms with Gasteiger partial charge in [-0.3, -0.25) is 0 Å². The Bertz CT molecular complexity index is 2690. The molecule has 18 heteroatoms. The number of imidazole rings is 4. The van der Waals surface area contributed by atoms with Gasteiger partial charge in [0.05, 0.1) is 60.9 Å². The first-order valence-electron chi connectivity index (χ1n) is 16.8. The van der Waals surface area contributed by atoms with Crippen molar-refractivity contribution in [1.29, 1.82) is 10.5 Å². The van der Waals surface area contributed by atoms with Crippen LogP contribution < -0.4 is 0 Å². The summed E-state index contributed by atoms with van der Waals surface area (Å²) in [6, 6.07) is 24.8. The third-order valence-corrected chi connectivity index (χ3v) is 8.40. The van der Waals surface area contributed by atoms with Crippen LogP contribution in [0.1, 0.15) is 25.2 Å². The topological polar surface area (TPSA) is 144 Å². The molecule has 0 atom stereocenters. The molecular weight excluding hydrogens is 771 g/mol. The minimum Gasteiger partial charge on any atom is -0.323 e. The Hall–Kier alpha value is -6.62. The van der Waals surface area contributed by atoms with E-state index < -0.39 is 25.9 Å². The quantitative estimate of drug-likeness (QED) is 0.139. The molecule has 12 nitrogen and oxygen atoms in total. The Morgan fingerprint density at radius 2 is 1.05 bits per heavy atom. The maximum absolute atomic E-state index is 13.1. The number of fused-ring (bicyclic) bond motifs is 2. The van der Waals surface area contributed by atoms with E-state index in [1.165, 1.54) is 43.2 Å². The summed E-state index contributed by atoms with van der Waals surface area (Å²) in [6.07, 6.45) is 0.389. The summed E-state index contributed by atoms with van der Waals surface area (Å²) in [5, 5.41) is 28.0. The number of rotatable bonds is 8. The average molecular weight is 800 g/mol. The van der Waals surface area contributed by atoms with E-state index in [-0.39, 0.29) is 11.4 Å². The number of halogens is 6. The summed E-state index contributed by atoms with van der Waals surface area (Å²) in [6.45, 7) is 2.94. The van der Waals surface area contributed by atoms with Gasteiger partial charge in [-0.2, -0.15) is 20.7 Å². The Labute approximate surface area is 326 Å². The summed E-state index contributed by atoms with van der Waals surface area (Å²) < 4.78 is 57.7. The predicted octanol–water partition coefficient (Wildman–Crippen LogP) is 9.13. The van der Waals surface area contributed by atoms with E-state index in [2.05, 4.69) is 30.1 Å². The lowest BCUT2D eigenvalue weighted by Gasteiger charge is -2.10. The lowest BCUT2D eigenvalue weighted by atomic mass is 10.1. The molecule has 0 N–H and O–H groups in total. The van der Waals surface area contributed by atoms with Crippen molar-refractivity contribution in [2.45, 2.75) is 39.8 Å². The first-order chi connectivity index (χ1) is 27.1. The lowest BCUT2D eigenvalue weighted by Crippen LogP contribution is -2.08. The maximum atomic E-state index is 13.1. The van der Waals surface area contributed by atoms with Crippen LogP contribution >= 0.6 is 23.2 Å².